The molecule has 1 aromatic carbocycles. The number of nitrogens with one attached hydrogen (secondary N) is 2. The second-order valence-corrected chi connectivity index (χ2v) is 5.55. The zero-order valence-corrected chi connectivity index (χ0v) is 12.8. The van der Waals surface area contributed by atoms with Crippen LogP contribution in [-0.2, 0) is 4.79 Å². The van der Waals surface area contributed by atoms with Crippen LogP contribution in [-0.4, -0.2) is 18.5 Å². The van der Waals surface area contributed by atoms with E-state index < -0.39 is 0 Å². The van der Waals surface area contributed by atoms with Crippen LogP contribution in [0.2, 0.25) is 5.02 Å². The van der Waals surface area contributed by atoms with Gasteiger partial charge in [0.05, 0.1) is 22.3 Å². The number of benzene rings is 1. The maximum Gasteiger partial charge on any atom is 0.242 e. The number of hydrogen-bond acceptors (Lipinski definition) is 3. The molecule has 0 bridgehead atoms. The van der Waals surface area contributed by atoms with Gasteiger partial charge in [0.1, 0.15) is 6.04 Å². The summed E-state index contributed by atoms with van der Waals surface area (Å²) < 4.78 is 0. The molecule has 0 saturated carbocycles. The Morgan fingerprint density at radius 3 is 2.65 bits per heavy atom. The van der Waals surface area contributed by atoms with Gasteiger partial charge < -0.3 is 10.6 Å². The third kappa shape index (κ3) is 5.10. The quantitative estimate of drug-likeness (QED) is 0.846. The van der Waals surface area contributed by atoms with Crippen LogP contribution in [0.15, 0.2) is 18.2 Å². The molecule has 0 aliphatic rings. The molecule has 0 aliphatic carbocycles. The van der Waals surface area contributed by atoms with Gasteiger partial charge in [0.2, 0.25) is 5.91 Å². The van der Waals surface area contributed by atoms with Gasteiger partial charge in [-0.15, -0.1) is 0 Å². The van der Waals surface area contributed by atoms with Crippen LogP contribution in [0.5, 0.6) is 0 Å². The van der Waals surface area contributed by atoms with E-state index in [1.807, 2.05) is 6.07 Å². The van der Waals surface area contributed by atoms with Gasteiger partial charge in [-0.1, -0.05) is 25.4 Å². The lowest BCUT2D eigenvalue weighted by Crippen LogP contribution is -2.38. The van der Waals surface area contributed by atoms with Gasteiger partial charge in [-0.2, -0.15) is 5.26 Å². The van der Waals surface area contributed by atoms with E-state index in [-0.39, 0.29) is 11.9 Å². The summed E-state index contributed by atoms with van der Waals surface area (Å²) in [5.74, 6) is 0.498. The summed E-state index contributed by atoms with van der Waals surface area (Å²) in [7, 11) is 0. The molecule has 0 fully saturated rings. The van der Waals surface area contributed by atoms with Crippen molar-refractivity contribution in [3.63, 3.8) is 0 Å². The van der Waals surface area contributed by atoms with E-state index >= 15 is 0 Å². The minimum atomic E-state index is -0.382. The van der Waals surface area contributed by atoms with Crippen molar-refractivity contribution in [2.24, 2.45) is 5.92 Å². The highest BCUT2D eigenvalue weighted by molar-refractivity contribution is 6.33. The fraction of sp³-hybridized carbons (Fsp3) is 0.467. The Morgan fingerprint density at radius 2 is 2.10 bits per heavy atom. The molecule has 0 saturated heterocycles. The molecular formula is C15H20ClN3O. The molecule has 0 spiro atoms. The SMILES string of the molecule is CC(C)CCNC(=O)C(C)Nc1ccc(C#N)cc1Cl. The van der Waals surface area contributed by atoms with E-state index in [9.17, 15) is 4.79 Å². The van der Waals surface area contributed by atoms with E-state index in [2.05, 4.69) is 24.5 Å². The van der Waals surface area contributed by atoms with Gasteiger partial charge in [0, 0.05) is 6.54 Å². The highest BCUT2D eigenvalue weighted by atomic mass is 35.5. The molecule has 1 unspecified atom stereocenters. The lowest BCUT2D eigenvalue weighted by Gasteiger charge is -2.16. The van der Waals surface area contributed by atoms with Crippen molar-refractivity contribution < 1.29 is 4.79 Å². The minimum absolute atomic E-state index is 0.0638. The van der Waals surface area contributed by atoms with E-state index in [1.54, 1.807) is 25.1 Å². The van der Waals surface area contributed by atoms with Crippen LogP contribution in [0.1, 0.15) is 32.8 Å². The molecular weight excluding hydrogens is 274 g/mol. The molecule has 0 heterocycles. The van der Waals surface area contributed by atoms with Crippen LogP contribution in [0, 0.1) is 17.2 Å². The maximum absolute atomic E-state index is 11.9. The van der Waals surface area contributed by atoms with Gasteiger partial charge in [0.25, 0.3) is 0 Å². The smallest absolute Gasteiger partial charge is 0.242 e. The van der Waals surface area contributed by atoms with Crippen LogP contribution in [0.4, 0.5) is 5.69 Å². The number of amides is 1. The zero-order valence-electron chi connectivity index (χ0n) is 12.0. The third-order valence-electron chi connectivity index (χ3n) is 2.88. The molecule has 1 rings (SSSR count). The summed E-state index contributed by atoms with van der Waals surface area (Å²) >= 11 is 6.06. The van der Waals surface area contributed by atoms with Gasteiger partial charge in [-0.25, -0.2) is 0 Å². The number of halogens is 1. The molecule has 5 heteroatoms. The lowest BCUT2D eigenvalue weighted by molar-refractivity contribution is -0.121. The van der Waals surface area contributed by atoms with Crippen LogP contribution >= 0.6 is 11.6 Å². The van der Waals surface area contributed by atoms with Gasteiger partial charge >= 0.3 is 0 Å². The largest absolute Gasteiger partial charge is 0.373 e. The van der Waals surface area contributed by atoms with E-state index in [1.165, 1.54) is 0 Å². The van der Waals surface area contributed by atoms with Crippen molar-refractivity contribution in [2.45, 2.75) is 33.2 Å². The summed E-state index contributed by atoms with van der Waals surface area (Å²) in [5.41, 5.74) is 1.15. The number of rotatable bonds is 6. The maximum atomic E-state index is 11.9. The number of nitriles is 1. The summed E-state index contributed by atoms with van der Waals surface area (Å²) in [6, 6.07) is 6.58. The summed E-state index contributed by atoms with van der Waals surface area (Å²) in [4.78, 5) is 11.9. The van der Waals surface area contributed by atoms with Crippen molar-refractivity contribution in [3.8, 4) is 6.07 Å². The molecule has 20 heavy (non-hydrogen) atoms. The first-order valence-corrected chi connectivity index (χ1v) is 7.05. The summed E-state index contributed by atoms with van der Waals surface area (Å²) in [6.45, 7) is 6.68. The predicted octanol–water partition coefficient (Wildman–Crippen LogP) is 3.17. The fourth-order valence-corrected chi connectivity index (χ4v) is 1.87. The van der Waals surface area contributed by atoms with E-state index in [0.717, 1.165) is 6.42 Å². The molecule has 0 aliphatic heterocycles. The Balaban J connectivity index is 2.55. The third-order valence-corrected chi connectivity index (χ3v) is 3.20. The highest BCUT2D eigenvalue weighted by Gasteiger charge is 2.13. The van der Waals surface area contributed by atoms with Crippen molar-refractivity contribution >= 4 is 23.2 Å². The van der Waals surface area contributed by atoms with Crippen LogP contribution in [0.3, 0.4) is 0 Å². The Labute approximate surface area is 125 Å². The van der Waals surface area contributed by atoms with Crippen molar-refractivity contribution in [1.82, 2.24) is 5.32 Å². The summed E-state index contributed by atoms with van der Waals surface area (Å²) in [5, 5.41) is 15.1. The number of carbonyl (C=O) groups excluding carboxylic acids is 1. The molecule has 1 aromatic rings. The second-order valence-electron chi connectivity index (χ2n) is 5.15. The molecule has 1 atom stereocenters. The standard InChI is InChI=1S/C15H20ClN3O/c1-10(2)6-7-18-15(20)11(3)19-14-5-4-12(9-17)8-13(14)16/h4-5,8,10-11,19H,6-7H2,1-3H3,(H,18,20). The Kier molecular flexibility index (Phi) is 6.33. The van der Waals surface area contributed by atoms with Crippen LogP contribution < -0.4 is 10.6 Å². The minimum Gasteiger partial charge on any atom is -0.373 e. The lowest BCUT2D eigenvalue weighted by atomic mass is 10.1. The second kappa shape index (κ2) is 7.76. The molecule has 4 nitrogen and oxygen atoms in total. The van der Waals surface area contributed by atoms with E-state index in [0.29, 0.717) is 28.7 Å². The highest BCUT2D eigenvalue weighted by Crippen LogP contribution is 2.23. The van der Waals surface area contributed by atoms with E-state index in [4.69, 9.17) is 16.9 Å². The first kappa shape index (κ1) is 16.3. The average Bonchev–Trinajstić information content (AvgIpc) is 2.40. The van der Waals surface area contributed by atoms with Crippen LogP contribution in [0.25, 0.3) is 0 Å². The fourth-order valence-electron chi connectivity index (χ4n) is 1.64. The van der Waals surface area contributed by atoms with Crippen molar-refractivity contribution in [3.05, 3.63) is 28.8 Å². The van der Waals surface area contributed by atoms with Crippen molar-refractivity contribution in [1.29, 1.82) is 5.26 Å². The van der Waals surface area contributed by atoms with Gasteiger partial charge in [-0.05, 0) is 37.5 Å². The first-order chi connectivity index (χ1) is 9.43. The van der Waals surface area contributed by atoms with Crippen molar-refractivity contribution in [2.75, 3.05) is 11.9 Å². The number of hydrogen-bond donors (Lipinski definition) is 2. The molecule has 1 amide bonds. The first-order valence-electron chi connectivity index (χ1n) is 6.68. The molecule has 2 N–H and O–H groups in total. The Hall–Kier alpha value is -1.73. The average molecular weight is 294 g/mol. The Morgan fingerprint density at radius 1 is 1.40 bits per heavy atom. The molecule has 108 valence electrons. The number of nitrogens with zero attached hydrogens (tertiary/aromatic N) is 1. The monoisotopic (exact) mass is 293 g/mol. The Bertz CT molecular complexity index is 508. The molecule has 0 radical (unpaired) electrons. The van der Waals surface area contributed by atoms with Gasteiger partial charge in [0.15, 0.2) is 0 Å². The van der Waals surface area contributed by atoms with Gasteiger partial charge in [-0.3, -0.25) is 4.79 Å². The topological polar surface area (TPSA) is 64.9 Å². The molecule has 0 aromatic heterocycles. The predicted molar refractivity (Wildman–Crippen MR) is 81.7 cm³/mol. The summed E-state index contributed by atoms with van der Waals surface area (Å²) in [6.07, 6.45) is 0.954. The number of carbonyl (C=O) groups is 1. The number of anilines is 1. The normalized spacial score (nSPS) is 11.8. The zero-order chi connectivity index (χ0) is 15.1.